The van der Waals surface area contributed by atoms with Crippen LogP contribution in [-0.4, -0.2) is 124 Å². The van der Waals surface area contributed by atoms with Crippen LogP contribution in [0.4, 0.5) is 0 Å². The third kappa shape index (κ3) is 11.3. The summed E-state index contributed by atoms with van der Waals surface area (Å²) in [4.78, 5) is 65.1. The fraction of sp³-hybridized carbons (Fsp3) is 0.392. The van der Waals surface area contributed by atoms with Gasteiger partial charge in [-0.3, -0.25) is 9.59 Å². The Morgan fingerprint density at radius 3 is 1.94 bits per heavy atom. The molecule has 0 saturated carbocycles. The van der Waals surface area contributed by atoms with Crippen LogP contribution < -0.4 is 34.3 Å². The summed E-state index contributed by atoms with van der Waals surface area (Å²) in [5.74, 6) is -8.03. The molecule has 0 aromatic heterocycles. The standard InChI is InChI=1S/C36H30O15.C15H24N2O2.Na/c37-21-8-4-17(12-24(21)40)14-28(34(44)45)49-30(43)11-7-19-2-1-3-27-31(19)32(33(50-27)20-6-10-23(39)26(42)16-20)36(48)51-29(35(46)47)15-18-5-9-22(38)25(41)13-18;18-14-7-1-6-13-12-5-3-9-17(19)8-2-4-11(15(12)17)10-16(13)14;/h1-13,16,28-29,32-33,37-42H,14-15H2,(H,44,45)(H,46,47);11-13,15H,1-10H2;/q;;+1/b11-7+;;/t28-,29-,32+,33-;;/m1../s1. The van der Waals surface area contributed by atoms with E-state index in [-0.39, 0.29) is 74.2 Å². The van der Waals surface area contributed by atoms with Crippen molar-refractivity contribution in [1.82, 2.24) is 4.90 Å². The van der Waals surface area contributed by atoms with Crippen LogP contribution >= 0.6 is 0 Å². The minimum atomic E-state index is -1.78. The van der Waals surface area contributed by atoms with E-state index in [1.165, 1.54) is 55.3 Å². The van der Waals surface area contributed by atoms with Crippen molar-refractivity contribution in [3.05, 3.63) is 112 Å². The summed E-state index contributed by atoms with van der Waals surface area (Å²) in [6.07, 6.45) is 4.06. The monoisotopic (exact) mass is 989 g/mol. The second kappa shape index (κ2) is 21.9. The Balaban J connectivity index is 0.000000305. The summed E-state index contributed by atoms with van der Waals surface area (Å²) in [5.41, 5.74) is 1.00. The fourth-order valence-electron chi connectivity index (χ4n) is 11.0. The molecule has 370 valence electrons. The van der Waals surface area contributed by atoms with Crippen LogP contribution in [0.15, 0.2) is 78.9 Å². The van der Waals surface area contributed by atoms with Crippen molar-refractivity contribution in [2.75, 3.05) is 19.6 Å². The summed E-state index contributed by atoms with van der Waals surface area (Å²) in [5, 5.41) is 91.4. The van der Waals surface area contributed by atoms with Gasteiger partial charge in [0.1, 0.15) is 17.8 Å². The molecule has 5 aliphatic rings. The van der Waals surface area contributed by atoms with E-state index < -0.39 is 89.0 Å². The zero-order valence-electron chi connectivity index (χ0n) is 38.8. The molecule has 20 heteroatoms. The van der Waals surface area contributed by atoms with Crippen LogP contribution in [0.3, 0.4) is 0 Å². The number of rotatable bonds is 12. The summed E-state index contributed by atoms with van der Waals surface area (Å²) in [6.45, 7) is 2.55. The molecule has 0 radical (unpaired) electrons. The quantitative estimate of drug-likeness (QED) is 0.0253. The molecule has 0 bridgehead atoms. The van der Waals surface area contributed by atoms with Crippen molar-refractivity contribution < 1.29 is 113 Å². The van der Waals surface area contributed by atoms with E-state index in [0.29, 0.717) is 29.8 Å². The zero-order chi connectivity index (χ0) is 50.0. The molecule has 9 rings (SSSR count). The molecule has 1 amide bonds. The first-order valence-electron chi connectivity index (χ1n) is 23.2. The number of quaternary nitrogens is 1. The number of nitrogens with zero attached hydrogens (tertiary/aromatic N) is 2. The number of esters is 2. The number of piperidine rings is 4. The van der Waals surface area contributed by atoms with Crippen LogP contribution in [0.25, 0.3) is 6.08 Å². The normalized spacial score (nSPS) is 24.8. The van der Waals surface area contributed by atoms with Crippen molar-refractivity contribution in [1.29, 1.82) is 0 Å². The summed E-state index contributed by atoms with van der Waals surface area (Å²) in [7, 11) is 0. The molecular weight excluding hydrogens is 936 g/mol. The van der Waals surface area contributed by atoms with E-state index in [1.807, 2.05) is 0 Å². The number of hydroxylamine groups is 3. The summed E-state index contributed by atoms with van der Waals surface area (Å²) >= 11 is 0. The zero-order valence-corrected chi connectivity index (χ0v) is 40.8. The number of fused-ring (bicyclic) bond motifs is 3. The van der Waals surface area contributed by atoms with Crippen molar-refractivity contribution in [2.45, 2.75) is 94.1 Å². The van der Waals surface area contributed by atoms with E-state index in [0.717, 1.165) is 94.2 Å². The van der Waals surface area contributed by atoms with Crippen molar-refractivity contribution in [3.63, 3.8) is 0 Å². The second-order valence-corrected chi connectivity index (χ2v) is 18.5. The number of aliphatic carboxylic acids is 2. The second-order valence-electron chi connectivity index (χ2n) is 18.5. The summed E-state index contributed by atoms with van der Waals surface area (Å²) < 4.78 is 16.7. The molecule has 8 N–H and O–H groups in total. The maximum absolute atomic E-state index is 13.9. The molecule has 19 nitrogen and oxygen atoms in total. The smallest absolute Gasteiger partial charge is 0.633 e. The number of carboxylic acids is 2. The third-order valence-corrected chi connectivity index (χ3v) is 14.1. The molecule has 5 heterocycles. The molecular formula is C51H54N2NaO17+. The van der Waals surface area contributed by atoms with Crippen molar-refractivity contribution in [3.8, 4) is 40.2 Å². The Morgan fingerprint density at radius 2 is 1.34 bits per heavy atom. The average Bonchev–Trinajstić information content (AvgIpc) is 3.72. The van der Waals surface area contributed by atoms with Crippen LogP contribution in [-0.2, 0) is 46.3 Å². The molecule has 5 aliphatic heterocycles. The predicted octanol–water partition coefficient (Wildman–Crippen LogP) is 2.52. The molecule has 4 saturated heterocycles. The van der Waals surface area contributed by atoms with Gasteiger partial charge < -0.3 is 69.8 Å². The van der Waals surface area contributed by atoms with Crippen LogP contribution in [0.1, 0.15) is 84.8 Å². The van der Waals surface area contributed by atoms with Crippen LogP contribution in [0.5, 0.6) is 40.2 Å². The molecule has 4 fully saturated rings. The summed E-state index contributed by atoms with van der Waals surface area (Å²) in [6, 6.07) is 16.1. The number of phenolic OH excluding ortho intramolecular Hbond substituents is 6. The number of carbonyl (C=O) groups is 5. The number of benzene rings is 4. The maximum atomic E-state index is 13.9. The first-order chi connectivity index (χ1) is 33.4. The van der Waals surface area contributed by atoms with E-state index >= 15 is 0 Å². The molecule has 71 heavy (non-hydrogen) atoms. The molecule has 0 aliphatic carbocycles. The van der Waals surface area contributed by atoms with E-state index in [2.05, 4.69) is 4.90 Å². The van der Waals surface area contributed by atoms with Gasteiger partial charge in [0, 0.05) is 55.3 Å². The number of hydrogen-bond donors (Lipinski definition) is 8. The van der Waals surface area contributed by atoms with Gasteiger partial charge in [-0.1, -0.05) is 30.3 Å². The number of carboxylic acid groups (broad SMARTS) is 2. The Morgan fingerprint density at radius 1 is 0.746 bits per heavy atom. The number of aromatic hydroxyl groups is 6. The minimum absolute atomic E-state index is 0. The average molecular weight is 990 g/mol. The van der Waals surface area contributed by atoms with Gasteiger partial charge in [0.2, 0.25) is 18.1 Å². The Hall–Kier alpha value is -6.51. The molecule has 0 spiro atoms. The Labute approximate surface area is 429 Å². The van der Waals surface area contributed by atoms with Crippen LogP contribution in [0.2, 0.25) is 0 Å². The van der Waals surface area contributed by atoms with Gasteiger partial charge in [-0.15, -0.1) is 0 Å². The number of amides is 1. The van der Waals surface area contributed by atoms with Crippen LogP contribution in [0, 0.1) is 17.0 Å². The van der Waals surface area contributed by atoms with Gasteiger partial charge in [0.25, 0.3) is 0 Å². The predicted molar refractivity (Wildman–Crippen MR) is 245 cm³/mol. The number of hydrogen-bond acceptors (Lipinski definition) is 15. The maximum Gasteiger partial charge on any atom is 1.00 e. The fourth-order valence-corrected chi connectivity index (χ4v) is 11.0. The van der Waals surface area contributed by atoms with Gasteiger partial charge in [0.15, 0.2) is 34.5 Å². The van der Waals surface area contributed by atoms with Crippen molar-refractivity contribution >= 4 is 35.9 Å². The van der Waals surface area contributed by atoms with Crippen molar-refractivity contribution in [2.24, 2.45) is 11.8 Å². The third-order valence-electron chi connectivity index (χ3n) is 14.1. The molecule has 5 unspecified atom stereocenters. The van der Waals surface area contributed by atoms with E-state index in [4.69, 9.17) is 14.2 Å². The van der Waals surface area contributed by atoms with E-state index in [1.54, 1.807) is 0 Å². The number of phenols is 6. The topological polar surface area (TPSA) is 301 Å². The van der Waals surface area contributed by atoms with Gasteiger partial charge in [0.05, 0.1) is 19.1 Å². The van der Waals surface area contributed by atoms with Gasteiger partial charge in [-0.25, -0.2) is 14.4 Å². The molecule has 9 atom stereocenters. The number of carbonyl (C=O) groups excluding carboxylic acids is 3. The molecule has 4 aromatic carbocycles. The minimum Gasteiger partial charge on any atom is -0.633 e. The van der Waals surface area contributed by atoms with Gasteiger partial charge >= 0.3 is 53.4 Å². The SMILES string of the molecule is O=C(/C=C/c1cccc2c1[C@H](C(=O)O[C@H](Cc1ccc(O)c(O)c1)C(=O)O)[C@@H](c1ccc(O)c(O)c1)O2)O[C@H](Cc1ccc(O)c(O)c1)C(=O)O.O=C1CCCC2C3CCC[N+]4([O-])CCCC(CN12)C34.[Na+]. The first kappa shape index (κ1) is 52.3. The Kier molecular flexibility index (Phi) is 16.1. The van der Waals surface area contributed by atoms with Gasteiger partial charge in [-0.2, -0.15) is 0 Å². The largest absolute Gasteiger partial charge is 1.00 e. The molecule has 4 aromatic rings. The van der Waals surface area contributed by atoms with E-state index in [9.17, 15) is 70.0 Å². The Bertz CT molecular complexity index is 2710. The number of ether oxygens (including phenoxy) is 3. The first-order valence-corrected chi connectivity index (χ1v) is 23.2. The van der Waals surface area contributed by atoms with Gasteiger partial charge in [-0.05, 0) is 109 Å².